The van der Waals surface area contributed by atoms with Crippen molar-refractivity contribution in [2.24, 2.45) is 0 Å². The number of hydrogen-bond acceptors (Lipinski definition) is 5. The van der Waals surface area contributed by atoms with E-state index in [0.29, 0.717) is 6.54 Å². The molecule has 3 heterocycles. The molecule has 0 unspecified atom stereocenters. The lowest BCUT2D eigenvalue weighted by Crippen LogP contribution is -2.43. The fraction of sp³-hybridized carbons (Fsp3) is 0.500. The van der Waals surface area contributed by atoms with Crippen LogP contribution in [0.1, 0.15) is 36.1 Å². The second kappa shape index (κ2) is 7.76. The van der Waals surface area contributed by atoms with Crippen LogP contribution in [-0.4, -0.2) is 36.6 Å². The van der Waals surface area contributed by atoms with Crippen LogP contribution in [0.15, 0.2) is 30.5 Å². The Morgan fingerprint density at radius 3 is 2.73 bits per heavy atom. The van der Waals surface area contributed by atoms with E-state index in [0.717, 1.165) is 48.2 Å². The maximum atomic E-state index is 13.1. The van der Waals surface area contributed by atoms with Crippen LogP contribution in [0.2, 0.25) is 0 Å². The number of aromatic nitrogens is 1. The number of hydrogen-bond donors (Lipinski definition) is 1. The van der Waals surface area contributed by atoms with Crippen LogP contribution in [0, 0.1) is 6.92 Å². The topological polar surface area (TPSA) is 48.5 Å². The Morgan fingerprint density at radius 2 is 2.04 bits per heavy atom. The van der Waals surface area contributed by atoms with Gasteiger partial charge in [0.25, 0.3) is 0 Å². The van der Waals surface area contributed by atoms with Gasteiger partial charge in [-0.3, -0.25) is 4.79 Å². The summed E-state index contributed by atoms with van der Waals surface area (Å²) in [6, 6.07) is 8.16. The van der Waals surface area contributed by atoms with E-state index in [9.17, 15) is 4.79 Å². The second-order valence-electron chi connectivity index (χ2n) is 7.21. The molecule has 5 nitrogen and oxygen atoms in total. The summed E-state index contributed by atoms with van der Waals surface area (Å²) in [5.74, 6) is 0.169. The van der Waals surface area contributed by atoms with Crippen LogP contribution in [0.5, 0.6) is 0 Å². The number of nitrogens with one attached hydrogen (secondary N) is 1. The second-order valence-corrected chi connectivity index (χ2v) is 8.31. The Bertz CT molecular complexity index is 745. The predicted octanol–water partition coefficient (Wildman–Crippen LogP) is 3.34. The highest BCUT2D eigenvalue weighted by atomic mass is 32.1. The van der Waals surface area contributed by atoms with Crippen molar-refractivity contribution in [3.8, 4) is 0 Å². The Morgan fingerprint density at radius 1 is 1.27 bits per heavy atom. The van der Waals surface area contributed by atoms with Gasteiger partial charge < -0.3 is 15.1 Å². The minimum atomic E-state index is -0.0673. The summed E-state index contributed by atoms with van der Waals surface area (Å²) in [6.45, 7) is 5.78. The molecular formula is C20H26N4OS. The molecule has 138 valence electrons. The SMILES string of the molecule is Cc1ccc(N(Cc2cnc(N3CCCC3)s2)C(=O)[C@@H]2CCCN2)cc1. The molecule has 2 aliphatic heterocycles. The highest BCUT2D eigenvalue weighted by molar-refractivity contribution is 7.15. The third-order valence-electron chi connectivity index (χ3n) is 5.20. The summed E-state index contributed by atoms with van der Waals surface area (Å²) in [7, 11) is 0. The van der Waals surface area contributed by atoms with Crippen molar-refractivity contribution in [1.29, 1.82) is 0 Å². The minimum Gasteiger partial charge on any atom is -0.348 e. The van der Waals surface area contributed by atoms with Crippen molar-refractivity contribution in [3.63, 3.8) is 0 Å². The Labute approximate surface area is 159 Å². The molecule has 0 saturated carbocycles. The molecule has 0 aliphatic carbocycles. The number of carbonyl (C=O) groups excluding carboxylic acids is 1. The lowest BCUT2D eigenvalue weighted by molar-refractivity contribution is -0.120. The molecule has 2 aromatic rings. The summed E-state index contributed by atoms with van der Waals surface area (Å²) >= 11 is 1.72. The molecule has 0 bridgehead atoms. The Kier molecular flexibility index (Phi) is 5.22. The molecule has 1 amide bonds. The highest BCUT2D eigenvalue weighted by Crippen LogP contribution is 2.29. The zero-order chi connectivity index (χ0) is 17.9. The number of carbonyl (C=O) groups is 1. The number of benzene rings is 1. The van der Waals surface area contributed by atoms with E-state index in [1.165, 1.54) is 18.4 Å². The molecule has 26 heavy (non-hydrogen) atoms. The van der Waals surface area contributed by atoms with Crippen LogP contribution >= 0.6 is 11.3 Å². The van der Waals surface area contributed by atoms with Gasteiger partial charge in [-0.2, -0.15) is 0 Å². The first-order chi connectivity index (χ1) is 12.7. The first-order valence-electron chi connectivity index (χ1n) is 9.52. The highest BCUT2D eigenvalue weighted by Gasteiger charge is 2.28. The zero-order valence-corrected chi connectivity index (χ0v) is 16.1. The van der Waals surface area contributed by atoms with Crippen LogP contribution in [-0.2, 0) is 11.3 Å². The van der Waals surface area contributed by atoms with Gasteiger partial charge in [0.05, 0.1) is 12.6 Å². The van der Waals surface area contributed by atoms with Gasteiger partial charge in [-0.1, -0.05) is 17.7 Å². The van der Waals surface area contributed by atoms with Gasteiger partial charge in [-0.25, -0.2) is 4.98 Å². The summed E-state index contributed by atoms with van der Waals surface area (Å²) in [6.07, 6.45) is 6.42. The van der Waals surface area contributed by atoms with Gasteiger partial charge in [0.2, 0.25) is 5.91 Å². The maximum Gasteiger partial charge on any atom is 0.244 e. The predicted molar refractivity (Wildman–Crippen MR) is 107 cm³/mol. The van der Waals surface area contributed by atoms with Crippen LogP contribution < -0.4 is 15.1 Å². The normalized spacial score (nSPS) is 19.9. The van der Waals surface area contributed by atoms with Gasteiger partial charge in [0, 0.05) is 29.9 Å². The van der Waals surface area contributed by atoms with Gasteiger partial charge >= 0.3 is 0 Å². The lowest BCUT2D eigenvalue weighted by Gasteiger charge is -2.25. The van der Waals surface area contributed by atoms with Crippen LogP contribution in [0.25, 0.3) is 0 Å². The maximum absolute atomic E-state index is 13.1. The Balaban J connectivity index is 1.56. The standard InChI is InChI=1S/C20H26N4OS/c1-15-6-8-16(9-7-15)24(19(25)18-5-4-10-21-18)14-17-13-22-20(26-17)23-11-2-3-12-23/h6-9,13,18,21H,2-5,10-12,14H2,1H3/t18-/m0/s1. The smallest absolute Gasteiger partial charge is 0.244 e. The number of nitrogens with zero attached hydrogens (tertiary/aromatic N) is 3. The van der Waals surface area contributed by atoms with E-state index in [-0.39, 0.29) is 11.9 Å². The van der Waals surface area contributed by atoms with E-state index < -0.39 is 0 Å². The number of aryl methyl sites for hydroxylation is 1. The molecule has 2 saturated heterocycles. The van der Waals surface area contributed by atoms with Crippen molar-refractivity contribution in [2.75, 3.05) is 29.4 Å². The molecule has 1 atom stereocenters. The van der Waals surface area contributed by atoms with E-state index >= 15 is 0 Å². The Hall–Kier alpha value is -1.92. The lowest BCUT2D eigenvalue weighted by atomic mass is 10.1. The van der Waals surface area contributed by atoms with Crippen LogP contribution in [0.3, 0.4) is 0 Å². The van der Waals surface area contributed by atoms with Gasteiger partial charge in [-0.05, 0) is 51.3 Å². The van der Waals surface area contributed by atoms with Gasteiger partial charge in [0.15, 0.2) is 5.13 Å². The van der Waals surface area contributed by atoms with Crippen LogP contribution in [0.4, 0.5) is 10.8 Å². The summed E-state index contributed by atoms with van der Waals surface area (Å²) in [5, 5.41) is 4.43. The number of thiazole rings is 1. The fourth-order valence-corrected chi connectivity index (χ4v) is 4.64. The molecule has 2 aliphatic rings. The quantitative estimate of drug-likeness (QED) is 0.877. The van der Waals surface area contributed by atoms with E-state index in [4.69, 9.17) is 0 Å². The fourth-order valence-electron chi connectivity index (χ4n) is 3.69. The van der Waals surface area contributed by atoms with E-state index in [1.807, 2.05) is 23.2 Å². The molecule has 4 rings (SSSR count). The van der Waals surface area contributed by atoms with Crippen molar-refractivity contribution < 1.29 is 4.79 Å². The first-order valence-corrected chi connectivity index (χ1v) is 10.3. The van der Waals surface area contributed by atoms with Crippen molar-refractivity contribution in [1.82, 2.24) is 10.3 Å². The third-order valence-corrected chi connectivity index (χ3v) is 6.24. The number of amides is 1. The number of rotatable bonds is 5. The molecule has 1 N–H and O–H groups in total. The molecule has 1 aromatic carbocycles. The monoisotopic (exact) mass is 370 g/mol. The van der Waals surface area contributed by atoms with Crippen molar-refractivity contribution in [3.05, 3.63) is 40.9 Å². The summed E-state index contributed by atoms with van der Waals surface area (Å²) in [4.78, 5) is 23.2. The molecule has 0 spiro atoms. The van der Waals surface area contributed by atoms with E-state index in [1.54, 1.807) is 11.3 Å². The largest absolute Gasteiger partial charge is 0.348 e. The minimum absolute atomic E-state index is 0.0673. The molecule has 2 fully saturated rings. The average molecular weight is 371 g/mol. The van der Waals surface area contributed by atoms with Crippen molar-refractivity contribution in [2.45, 2.75) is 45.2 Å². The summed E-state index contributed by atoms with van der Waals surface area (Å²) < 4.78 is 0. The average Bonchev–Trinajstić information content (AvgIpc) is 3.42. The van der Waals surface area contributed by atoms with Gasteiger partial charge in [-0.15, -0.1) is 11.3 Å². The van der Waals surface area contributed by atoms with E-state index in [2.05, 4.69) is 34.3 Å². The molecule has 1 aromatic heterocycles. The molecule has 6 heteroatoms. The summed E-state index contributed by atoms with van der Waals surface area (Å²) in [5.41, 5.74) is 2.17. The zero-order valence-electron chi connectivity index (χ0n) is 15.3. The molecular weight excluding hydrogens is 344 g/mol. The van der Waals surface area contributed by atoms with Gasteiger partial charge in [0.1, 0.15) is 0 Å². The van der Waals surface area contributed by atoms with Crippen molar-refractivity contribution >= 4 is 28.1 Å². The number of anilines is 2. The molecule has 0 radical (unpaired) electrons. The third kappa shape index (κ3) is 3.76. The first kappa shape index (κ1) is 17.5.